The summed E-state index contributed by atoms with van der Waals surface area (Å²) in [5.41, 5.74) is 2.54. The van der Waals surface area contributed by atoms with E-state index in [2.05, 4.69) is 15.6 Å². The van der Waals surface area contributed by atoms with Gasteiger partial charge in [-0.25, -0.2) is 9.78 Å². The number of carbonyl (C=O) groups is 1. The van der Waals surface area contributed by atoms with Crippen LogP contribution in [0.25, 0.3) is 10.8 Å². The number of hydrogen-bond donors (Lipinski definition) is 2. The Labute approximate surface area is 132 Å². The first-order chi connectivity index (χ1) is 10.7. The van der Waals surface area contributed by atoms with Crippen LogP contribution in [-0.4, -0.2) is 11.0 Å². The average Bonchev–Trinajstić information content (AvgIpc) is 3.16. The van der Waals surface area contributed by atoms with Crippen LogP contribution >= 0.6 is 11.3 Å². The molecule has 0 fully saturated rings. The molecule has 0 atom stereocenters. The largest absolute Gasteiger partial charge is 0.443 e. The first kappa shape index (κ1) is 14.3. The zero-order valence-electron chi connectivity index (χ0n) is 12.0. The Morgan fingerprint density at radius 2 is 2.23 bits per heavy atom. The minimum absolute atomic E-state index is 0.272. The Bertz CT molecular complexity index is 765. The van der Waals surface area contributed by atoms with Crippen molar-refractivity contribution in [3.8, 4) is 10.8 Å². The summed E-state index contributed by atoms with van der Waals surface area (Å²) >= 11 is 1.56. The highest BCUT2D eigenvalue weighted by Crippen LogP contribution is 2.23. The minimum Gasteiger partial charge on any atom is -0.443 e. The van der Waals surface area contributed by atoms with Gasteiger partial charge in [0.05, 0.1) is 17.1 Å². The molecule has 2 amide bonds. The monoisotopic (exact) mass is 313 g/mol. The summed E-state index contributed by atoms with van der Waals surface area (Å²) in [6.07, 6.45) is 1.56. The van der Waals surface area contributed by atoms with Crippen LogP contribution in [-0.2, 0) is 6.54 Å². The first-order valence-electron chi connectivity index (χ1n) is 6.80. The zero-order chi connectivity index (χ0) is 15.4. The van der Waals surface area contributed by atoms with Gasteiger partial charge in [-0.1, -0.05) is 18.2 Å². The molecule has 5 nitrogen and oxygen atoms in total. The number of nitrogens with zero attached hydrogens (tertiary/aromatic N) is 1. The summed E-state index contributed by atoms with van der Waals surface area (Å²) in [6.45, 7) is 2.29. The van der Waals surface area contributed by atoms with Gasteiger partial charge in [0.15, 0.2) is 0 Å². The Morgan fingerprint density at radius 1 is 1.32 bits per heavy atom. The molecule has 6 heteroatoms. The number of carbonyl (C=O) groups excluding carboxylic acids is 1. The lowest BCUT2D eigenvalue weighted by atomic mass is 10.2. The molecule has 0 unspecified atom stereocenters. The van der Waals surface area contributed by atoms with E-state index in [1.54, 1.807) is 17.6 Å². The van der Waals surface area contributed by atoms with E-state index >= 15 is 0 Å². The fourth-order valence-corrected chi connectivity index (χ4v) is 2.63. The van der Waals surface area contributed by atoms with E-state index in [1.165, 1.54) is 0 Å². The summed E-state index contributed by atoms with van der Waals surface area (Å²) in [6, 6.07) is 11.2. The van der Waals surface area contributed by atoms with Crippen LogP contribution in [0.15, 0.2) is 52.5 Å². The summed E-state index contributed by atoms with van der Waals surface area (Å²) in [5, 5.41) is 7.50. The zero-order valence-corrected chi connectivity index (χ0v) is 12.8. The average molecular weight is 313 g/mol. The number of aromatic nitrogens is 1. The number of rotatable bonds is 4. The number of thiophene rings is 1. The number of aryl methyl sites for hydroxylation is 1. The van der Waals surface area contributed by atoms with Crippen molar-refractivity contribution in [1.29, 1.82) is 0 Å². The van der Waals surface area contributed by atoms with Gasteiger partial charge in [0.1, 0.15) is 6.26 Å². The maximum atomic E-state index is 11.9. The topological polar surface area (TPSA) is 67.2 Å². The lowest BCUT2D eigenvalue weighted by Gasteiger charge is -2.06. The van der Waals surface area contributed by atoms with Gasteiger partial charge in [0, 0.05) is 5.69 Å². The van der Waals surface area contributed by atoms with E-state index in [4.69, 9.17) is 4.42 Å². The molecule has 2 aromatic heterocycles. The van der Waals surface area contributed by atoms with Crippen molar-refractivity contribution in [2.45, 2.75) is 13.5 Å². The fourth-order valence-electron chi connectivity index (χ4n) is 1.97. The summed E-state index contributed by atoms with van der Waals surface area (Å²) < 4.78 is 5.40. The summed E-state index contributed by atoms with van der Waals surface area (Å²) in [7, 11) is 0. The maximum absolute atomic E-state index is 11.9. The molecule has 0 aliphatic rings. The second-order valence-corrected chi connectivity index (χ2v) is 5.75. The van der Waals surface area contributed by atoms with Gasteiger partial charge in [-0.2, -0.15) is 0 Å². The van der Waals surface area contributed by atoms with E-state index < -0.39 is 0 Å². The summed E-state index contributed by atoms with van der Waals surface area (Å²) in [4.78, 5) is 17.2. The fraction of sp³-hybridized carbons (Fsp3) is 0.125. The molecule has 0 spiro atoms. The van der Waals surface area contributed by atoms with Crippen molar-refractivity contribution >= 4 is 23.1 Å². The number of amides is 2. The Balaban J connectivity index is 1.55. The molecule has 0 saturated carbocycles. The molecule has 2 heterocycles. The third kappa shape index (κ3) is 3.53. The number of hydrogen-bond acceptors (Lipinski definition) is 4. The maximum Gasteiger partial charge on any atom is 0.319 e. The van der Waals surface area contributed by atoms with Crippen LogP contribution in [0.3, 0.4) is 0 Å². The molecule has 0 aliphatic carbocycles. The lowest BCUT2D eigenvalue weighted by Crippen LogP contribution is -2.28. The molecule has 112 valence electrons. The SMILES string of the molecule is Cc1cccc(NC(=O)NCc2coc(-c3cccs3)n2)c1. The minimum atomic E-state index is -0.272. The van der Waals surface area contributed by atoms with Gasteiger partial charge in [-0.3, -0.25) is 0 Å². The van der Waals surface area contributed by atoms with Gasteiger partial charge in [-0.05, 0) is 36.1 Å². The smallest absolute Gasteiger partial charge is 0.319 e. The van der Waals surface area contributed by atoms with Crippen LogP contribution in [0.2, 0.25) is 0 Å². The number of oxazole rings is 1. The van der Waals surface area contributed by atoms with Crippen molar-refractivity contribution in [2.75, 3.05) is 5.32 Å². The molecular formula is C16H15N3O2S. The molecule has 22 heavy (non-hydrogen) atoms. The summed E-state index contributed by atoms with van der Waals surface area (Å²) in [5.74, 6) is 0.575. The van der Waals surface area contributed by atoms with Crippen LogP contribution in [0.4, 0.5) is 10.5 Å². The molecule has 2 N–H and O–H groups in total. The standard InChI is InChI=1S/C16H15N3O2S/c1-11-4-2-5-12(8-11)19-16(20)17-9-13-10-21-15(18-13)14-6-3-7-22-14/h2-8,10H,9H2,1H3,(H2,17,19,20). The van der Waals surface area contributed by atoms with E-state index in [9.17, 15) is 4.79 Å². The molecule has 3 rings (SSSR count). The van der Waals surface area contributed by atoms with Gasteiger partial charge in [0.25, 0.3) is 0 Å². The van der Waals surface area contributed by atoms with Crippen LogP contribution < -0.4 is 10.6 Å². The second kappa shape index (κ2) is 6.44. The van der Waals surface area contributed by atoms with E-state index in [-0.39, 0.29) is 6.03 Å². The number of nitrogens with one attached hydrogen (secondary N) is 2. The number of benzene rings is 1. The Hall–Kier alpha value is -2.60. The molecule has 0 saturated heterocycles. The van der Waals surface area contributed by atoms with Crippen LogP contribution in [0.5, 0.6) is 0 Å². The van der Waals surface area contributed by atoms with Crippen molar-refractivity contribution in [1.82, 2.24) is 10.3 Å². The molecule has 0 radical (unpaired) electrons. The molecule has 0 bridgehead atoms. The van der Waals surface area contributed by atoms with Gasteiger partial charge in [-0.15, -0.1) is 11.3 Å². The molecule has 0 aliphatic heterocycles. The van der Waals surface area contributed by atoms with Crippen molar-refractivity contribution in [3.63, 3.8) is 0 Å². The van der Waals surface area contributed by atoms with Gasteiger partial charge < -0.3 is 15.1 Å². The molecular weight excluding hydrogens is 298 g/mol. The van der Waals surface area contributed by atoms with E-state index in [1.807, 2.05) is 48.7 Å². The highest BCUT2D eigenvalue weighted by molar-refractivity contribution is 7.13. The van der Waals surface area contributed by atoms with E-state index in [0.717, 1.165) is 16.1 Å². The quantitative estimate of drug-likeness (QED) is 0.764. The third-order valence-electron chi connectivity index (χ3n) is 2.99. The first-order valence-corrected chi connectivity index (χ1v) is 7.68. The normalized spacial score (nSPS) is 10.4. The predicted molar refractivity (Wildman–Crippen MR) is 86.9 cm³/mol. The molecule has 3 aromatic rings. The lowest BCUT2D eigenvalue weighted by molar-refractivity contribution is 0.251. The Morgan fingerprint density at radius 3 is 3.00 bits per heavy atom. The predicted octanol–water partition coefficient (Wildman–Crippen LogP) is 4.03. The van der Waals surface area contributed by atoms with Gasteiger partial charge in [0.2, 0.25) is 5.89 Å². The van der Waals surface area contributed by atoms with E-state index in [0.29, 0.717) is 18.1 Å². The third-order valence-corrected chi connectivity index (χ3v) is 3.85. The van der Waals surface area contributed by atoms with Crippen molar-refractivity contribution < 1.29 is 9.21 Å². The Kier molecular flexibility index (Phi) is 4.20. The number of anilines is 1. The van der Waals surface area contributed by atoms with Crippen molar-refractivity contribution in [2.24, 2.45) is 0 Å². The second-order valence-electron chi connectivity index (χ2n) is 4.80. The van der Waals surface area contributed by atoms with Crippen molar-refractivity contribution in [3.05, 3.63) is 59.3 Å². The highest BCUT2D eigenvalue weighted by Gasteiger charge is 2.08. The molecule has 1 aromatic carbocycles. The van der Waals surface area contributed by atoms with Gasteiger partial charge >= 0.3 is 6.03 Å². The highest BCUT2D eigenvalue weighted by atomic mass is 32.1. The van der Waals surface area contributed by atoms with Crippen LogP contribution in [0, 0.1) is 6.92 Å². The van der Waals surface area contributed by atoms with Crippen LogP contribution in [0.1, 0.15) is 11.3 Å². The number of urea groups is 1.